The zero-order chi connectivity index (χ0) is 14.5. The van der Waals surface area contributed by atoms with Gasteiger partial charge in [-0.05, 0) is 25.1 Å². The van der Waals surface area contributed by atoms with Crippen LogP contribution in [0.3, 0.4) is 0 Å². The topological polar surface area (TPSA) is 84.0 Å². The number of amides is 2. The van der Waals surface area contributed by atoms with Crippen molar-refractivity contribution in [2.45, 2.75) is 6.92 Å². The molecule has 0 spiro atoms. The highest BCUT2D eigenvalue weighted by molar-refractivity contribution is 6.29. The molecule has 0 saturated heterocycles. The van der Waals surface area contributed by atoms with Gasteiger partial charge in [0, 0.05) is 17.4 Å². The van der Waals surface area contributed by atoms with Gasteiger partial charge in [0.1, 0.15) is 5.15 Å². The van der Waals surface area contributed by atoms with E-state index in [1.165, 1.54) is 19.2 Å². The van der Waals surface area contributed by atoms with E-state index in [4.69, 9.17) is 11.6 Å². The van der Waals surface area contributed by atoms with E-state index in [0.717, 1.165) is 0 Å². The van der Waals surface area contributed by atoms with Crippen molar-refractivity contribution in [2.24, 2.45) is 0 Å². The quantitative estimate of drug-likeness (QED) is 0.672. The van der Waals surface area contributed by atoms with Gasteiger partial charge >= 0.3 is 6.03 Å². The average Bonchev–Trinajstić information content (AvgIpc) is 2.38. The molecule has 1 aromatic heterocycles. The second kappa shape index (κ2) is 6.12. The van der Waals surface area contributed by atoms with Crippen LogP contribution in [-0.2, 0) is 0 Å². The third-order valence-electron chi connectivity index (χ3n) is 2.37. The Morgan fingerprint density at radius 2 is 2.00 bits per heavy atom. The van der Waals surface area contributed by atoms with Gasteiger partial charge in [0.15, 0.2) is 5.78 Å². The summed E-state index contributed by atoms with van der Waals surface area (Å²) in [5.74, 6) is 0.0185. The standard InChI is InChI=1S/C13H11ClN4O2/c1-8(19)9-3-2-4-10(7-9)16-13(20)18-12-15-6-5-11(14)17-12/h2-7H,1H3,(H2,15,16,17,18,20). The number of nitrogens with one attached hydrogen (secondary N) is 2. The predicted octanol–water partition coefficient (Wildman–Crippen LogP) is 2.98. The van der Waals surface area contributed by atoms with Gasteiger partial charge in [-0.3, -0.25) is 10.1 Å². The van der Waals surface area contributed by atoms with E-state index in [9.17, 15) is 9.59 Å². The fraction of sp³-hybridized carbons (Fsp3) is 0.0769. The molecule has 0 aliphatic heterocycles. The minimum absolute atomic E-state index is 0.0766. The fourth-order valence-corrected chi connectivity index (χ4v) is 1.61. The van der Waals surface area contributed by atoms with E-state index in [-0.39, 0.29) is 16.9 Å². The number of carbonyl (C=O) groups excluding carboxylic acids is 2. The molecule has 2 aromatic rings. The van der Waals surface area contributed by atoms with Gasteiger partial charge in [0.25, 0.3) is 0 Å². The van der Waals surface area contributed by atoms with Crippen molar-refractivity contribution >= 4 is 35.1 Å². The van der Waals surface area contributed by atoms with Crippen LogP contribution in [0, 0.1) is 0 Å². The van der Waals surface area contributed by atoms with E-state index < -0.39 is 6.03 Å². The van der Waals surface area contributed by atoms with E-state index in [1.807, 2.05) is 0 Å². The Balaban J connectivity index is 2.04. The van der Waals surface area contributed by atoms with Crippen LogP contribution in [-0.4, -0.2) is 21.8 Å². The lowest BCUT2D eigenvalue weighted by Crippen LogP contribution is -2.21. The normalized spacial score (nSPS) is 9.90. The molecule has 1 heterocycles. The summed E-state index contributed by atoms with van der Waals surface area (Å²) in [7, 11) is 0. The van der Waals surface area contributed by atoms with Crippen LogP contribution in [0.5, 0.6) is 0 Å². The van der Waals surface area contributed by atoms with Gasteiger partial charge in [-0.15, -0.1) is 0 Å². The third kappa shape index (κ3) is 3.76. The molecular weight excluding hydrogens is 280 g/mol. The summed E-state index contributed by atoms with van der Waals surface area (Å²) in [6.07, 6.45) is 1.43. The van der Waals surface area contributed by atoms with Crippen molar-refractivity contribution in [1.82, 2.24) is 9.97 Å². The number of anilines is 2. The van der Waals surface area contributed by atoms with Crippen molar-refractivity contribution in [1.29, 1.82) is 0 Å². The molecule has 1 aromatic carbocycles. The van der Waals surface area contributed by atoms with Gasteiger partial charge in [0.2, 0.25) is 5.95 Å². The van der Waals surface area contributed by atoms with Crippen molar-refractivity contribution in [3.63, 3.8) is 0 Å². The largest absolute Gasteiger partial charge is 0.326 e. The van der Waals surface area contributed by atoms with E-state index >= 15 is 0 Å². The number of rotatable bonds is 3. The van der Waals surface area contributed by atoms with Crippen molar-refractivity contribution in [3.05, 3.63) is 47.2 Å². The Hall–Kier alpha value is -2.47. The molecular formula is C13H11ClN4O2. The molecule has 0 unspecified atom stereocenters. The average molecular weight is 291 g/mol. The summed E-state index contributed by atoms with van der Waals surface area (Å²) in [5, 5.41) is 5.25. The number of benzene rings is 1. The smallest absolute Gasteiger partial charge is 0.308 e. The number of Topliss-reactive ketones (excluding diaryl/α,β-unsaturated/α-hetero) is 1. The maximum atomic E-state index is 11.7. The first-order chi connectivity index (χ1) is 9.54. The number of urea groups is 1. The van der Waals surface area contributed by atoms with E-state index in [0.29, 0.717) is 11.3 Å². The highest BCUT2D eigenvalue weighted by atomic mass is 35.5. The Morgan fingerprint density at radius 3 is 2.70 bits per heavy atom. The van der Waals surface area contributed by atoms with Gasteiger partial charge in [-0.2, -0.15) is 0 Å². The molecule has 6 nitrogen and oxygen atoms in total. The summed E-state index contributed by atoms with van der Waals surface area (Å²) in [6.45, 7) is 1.46. The van der Waals surface area contributed by atoms with Crippen LogP contribution in [0.1, 0.15) is 17.3 Å². The minimum atomic E-state index is -0.520. The zero-order valence-corrected chi connectivity index (χ0v) is 11.3. The maximum Gasteiger partial charge on any atom is 0.326 e. The van der Waals surface area contributed by atoms with Gasteiger partial charge in [-0.25, -0.2) is 14.8 Å². The lowest BCUT2D eigenvalue weighted by atomic mass is 10.1. The van der Waals surface area contributed by atoms with Crippen molar-refractivity contribution in [2.75, 3.05) is 10.6 Å². The zero-order valence-electron chi connectivity index (χ0n) is 10.6. The lowest BCUT2D eigenvalue weighted by Gasteiger charge is -2.07. The number of nitrogens with zero attached hydrogens (tertiary/aromatic N) is 2. The summed E-state index contributed by atoms with van der Waals surface area (Å²) in [4.78, 5) is 30.7. The van der Waals surface area contributed by atoms with Gasteiger partial charge in [-0.1, -0.05) is 23.7 Å². The van der Waals surface area contributed by atoms with Crippen molar-refractivity contribution < 1.29 is 9.59 Å². The molecule has 0 aliphatic carbocycles. The Morgan fingerprint density at radius 1 is 1.20 bits per heavy atom. The molecule has 0 atom stereocenters. The first kappa shape index (κ1) is 14.0. The summed E-state index contributed by atoms with van der Waals surface area (Å²) in [5.41, 5.74) is 1.01. The van der Waals surface area contributed by atoms with Gasteiger partial charge in [0.05, 0.1) is 0 Å². The summed E-state index contributed by atoms with van der Waals surface area (Å²) >= 11 is 5.68. The van der Waals surface area contributed by atoms with Crippen molar-refractivity contribution in [3.8, 4) is 0 Å². The van der Waals surface area contributed by atoms with E-state index in [1.54, 1.807) is 24.3 Å². The van der Waals surface area contributed by atoms with Crippen LogP contribution >= 0.6 is 11.6 Å². The molecule has 2 rings (SSSR count). The summed E-state index contributed by atoms with van der Waals surface area (Å²) in [6, 6.07) is 7.59. The van der Waals surface area contributed by atoms with Crippen LogP contribution in [0.2, 0.25) is 5.15 Å². The Labute approximate surface area is 120 Å². The second-order valence-electron chi connectivity index (χ2n) is 3.92. The number of hydrogen-bond acceptors (Lipinski definition) is 4. The molecule has 0 aliphatic rings. The van der Waals surface area contributed by atoms with E-state index in [2.05, 4.69) is 20.6 Å². The maximum absolute atomic E-state index is 11.7. The monoisotopic (exact) mass is 290 g/mol. The molecule has 7 heteroatoms. The third-order valence-corrected chi connectivity index (χ3v) is 2.58. The minimum Gasteiger partial charge on any atom is -0.308 e. The number of halogens is 1. The van der Waals surface area contributed by atoms with Crippen LogP contribution < -0.4 is 10.6 Å². The first-order valence-corrected chi connectivity index (χ1v) is 6.10. The molecule has 0 saturated carbocycles. The highest BCUT2D eigenvalue weighted by Gasteiger charge is 2.06. The molecule has 0 fully saturated rings. The number of ketones is 1. The highest BCUT2D eigenvalue weighted by Crippen LogP contribution is 2.12. The second-order valence-corrected chi connectivity index (χ2v) is 4.31. The Bertz CT molecular complexity index is 660. The number of aromatic nitrogens is 2. The molecule has 102 valence electrons. The molecule has 2 N–H and O–H groups in total. The number of carbonyl (C=O) groups is 2. The van der Waals surface area contributed by atoms with Crippen LogP contribution in [0.15, 0.2) is 36.5 Å². The van der Waals surface area contributed by atoms with Crippen LogP contribution in [0.4, 0.5) is 16.4 Å². The van der Waals surface area contributed by atoms with Gasteiger partial charge < -0.3 is 5.32 Å². The Kier molecular flexibility index (Phi) is 4.27. The SMILES string of the molecule is CC(=O)c1cccc(NC(=O)Nc2nccc(Cl)n2)c1. The predicted molar refractivity (Wildman–Crippen MR) is 76.1 cm³/mol. The first-order valence-electron chi connectivity index (χ1n) is 5.72. The van der Waals surface area contributed by atoms with Crippen LogP contribution in [0.25, 0.3) is 0 Å². The molecule has 0 radical (unpaired) electrons. The molecule has 2 amide bonds. The number of hydrogen-bond donors (Lipinski definition) is 2. The summed E-state index contributed by atoms with van der Waals surface area (Å²) < 4.78 is 0. The molecule has 0 bridgehead atoms. The lowest BCUT2D eigenvalue weighted by molar-refractivity contribution is 0.101. The fourth-order valence-electron chi connectivity index (χ4n) is 1.48. The molecule has 20 heavy (non-hydrogen) atoms.